The molecule has 0 atom stereocenters. The standard InChI is InChI=1S/C27H31N3O4S2/c1-3-4-8-19-34-24-15-11-22(12-16-24)26(31)29-27(35)28-23-13-17-25(18-14-23)36(32,33)30(2)20-21-9-6-5-7-10-21/h5-7,9-18H,3-4,8,19-20H2,1-2H3,(H2,28,29,31,35). The summed E-state index contributed by atoms with van der Waals surface area (Å²) in [7, 11) is -2.11. The topological polar surface area (TPSA) is 87.7 Å². The van der Waals surface area contributed by atoms with Gasteiger partial charge in [0, 0.05) is 24.8 Å². The Kier molecular flexibility index (Phi) is 9.98. The first-order valence-electron chi connectivity index (χ1n) is 11.7. The van der Waals surface area contributed by atoms with Crippen LogP contribution in [0.25, 0.3) is 0 Å². The molecule has 3 aromatic rings. The lowest BCUT2D eigenvalue weighted by Gasteiger charge is -2.17. The zero-order valence-corrected chi connectivity index (χ0v) is 22.1. The van der Waals surface area contributed by atoms with Crippen LogP contribution in [0.4, 0.5) is 5.69 Å². The second kappa shape index (κ2) is 13.2. The summed E-state index contributed by atoms with van der Waals surface area (Å²) in [6.45, 7) is 3.06. The monoisotopic (exact) mass is 525 g/mol. The highest BCUT2D eigenvalue weighted by Crippen LogP contribution is 2.19. The molecule has 0 saturated carbocycles. The lowest BCUT2D eigenvalue weighted by atomic mass is 10.2. The van der Waals surface area contributed by atoms with Gasteiger partial charge in [0.05, 0.1) is 11.5 Å². The van der Waals surface area contributed by atoms with Crippen molar-refractivity contribution in [3.05, 3.63) is 90.0 Å². The summed E-state index contributed by atoms with van der Waals surface area (Å²) in [6.07, 6.45) is 3.25. The fraction of sp³-hybridized carbons (Fsp3) is 0.259. The van der Waals surface area contributed by atoms with Crippen LogP contribution in [-0.4, -0.2) is 37.4 Å². The van der Waals surface area contributed by atoms with Gasteiger partial charge in [-0.25, -0.2) is 8.42 Å². The number of sulfonamides is 1. The molecule has 0 aliphatic rings. The Labute approximate surface area is 218 Å². The van der Waals surface area contributed by atoms with Gasteiger partial charge in [-0.3, -0.25) is 10.1 Å². The Bertz CT molecular complexity index is 1250. The van der Waals surface area contributed by atoms with Crippen LogP contribution in [0.2, 0.25) is 0 Å². The largest absolute Gasteiger partial charge is 0.494 e. The molecule has 36 heavy (non-hydrogen) atoms. The molecule has 1 amide bonds. The van der Waals surface area contributed by atoms with Gasteiger partial charge in [0.1, 0.15) is 5.75 Å². The Morgan fingerprint density at radius 2 is 1.61 bits per heavy atom. The maximum absolute atomic E-state index is 12.9. The molecule has 0 aliphatic heterocycles. The highest BCUT2D eigenvalue weighted by Gasteiger charge is 2.21. The number of rotatable bonds is 11. The van der Waals surface area contributed by atoms with Crippen molar-refractivity contribution >= 4 is 38.9 Å². The van der Waals surface area contributed by atoms with Crippen LogP contribution >= 0.6 is 12.2 Å². The van der Waals surface area contributed by atoms with Crippen LogP contribution in [0, 0.1) is 0 Å². The molecule has 2 N–H and O–H groups in total. The average Bonchev–Trinajstić information content (AvgIpc) is 2.88. The predicted octanol–water partition coefficient (Wildman–Crippen LogP) is 5.20. The molecule has 0 radical (unpaired) electrons. The van der Waals surface area contributed by atoms with Crippen molar-refractivity contribution in [1.82, 2.24) is 9.62 Å². The van der Waals surface area contributed by atoms with Gasteiger partial charge in [-0.05, 0) is 72.7 Å². The number of unbranched alkanes of at least 4 members (excludes halogenated alkanes) is 2. The number of hydrogen-bond acceptors (Lipinski definition) is 5. The van der Waals surface area contributed by atoms with Gasteiger partial charge in [0.2, 0.25) is 10.0 Å². The molecule has 0 heterocycles. The van der Waals surface area contributed by atoms with Crippen molar-refractivity contribution in [1.29, 1.82) is 0 Å². The second-order valence-electron chi connectivity index (χ2n) is 8.26. The molecule has 0 spiro atoms. The van der Waals surface area contributed by atoms with Crippen molar-refractivity contribution in [2.24, 2.45) is 0 Å². The van der Waals surface area contributed by atoms with E-state index in [9.17, 15) is 13.2 Å². The first kappa shape index (κ1) is 27.3. The van der Waals surface area contributed by atoms with Crippen molar-refractivity contribution in [2.45, 2.75) is 37.6 Å². The maximum Gasteiger partial charge on any atom is 0.257 e. The molecule has 0 aromatic heterocycles. The summed E-state index contributed by atoms with van der Waals surface area (Å²) in [5.74, 6) is 0.361. The number of carbonyl (C=O) groups is 1. The molecule has 7 nitrogen and oxygen atoms in total. The lowest BCUT2D eigenvalue weighted by Crippen LogP contribution is -2.34. The minimum absolute atomic E-state index is 0.108. The molecule has 0 bridgehead atoms. The van der Waals surface area contributed by atoms with Crippen LogP contribution in [0.15, 0.2) is 83.8 Å². The van der Waals surface area contributed by atoms with Crippen LogP contribution in [0.1, 0.15) is 42.1 Å². The van der Waals surface area contributed by atoms with Crippen LogP contribution < -0.4 is 15.4 Å². The summed E-state index contributed by atoms with van der Waals surface area (Å²) in [5, 5.41) is 5.64. The zero-order chi connectivity index (χ0) is 26.0. The highest BCUT2D eigenvalue weighted by molar-refractivity contribution is 7.89. The molecule has 9 heteroatoms. The fourth-order valence-electron chi connectivity index (χ4n) is 3.40. The second-order valence-corrected chi connectivity index (χ2v) is 10.7. The number of ether oxygens (including phenoxy) is 1. The summed E-state index contributed by atoms with van der Waals surface area (Å²) < 4.78 is 32.8. The Hall–Kier alpha value is -3.27. The molecule has 190 valence electrons. The summed E-state index contributed by atoms with van der Waals surface area (Å²) in [6, 6.07) is 22.5. The van der Waals surface area contributed by atoms with Gasteiger partial charge in [-0.2, -0.15) is 4.31 Å². The third-order valence-corrected chi connectivity index (χ3v) is 7.45. The van der Waals surface area contributed by atoms with Gasteiger partial charge >= 0.3 is 0 Å². The molecule has 0 unspecified atom stereocenters. The molecule has 0 fully saturated rings. The van der Waals surface area contributed by atoms with E-state index in [1.54, 1.807) is 43.4 Å². The van der Waals surface area contributed by atoms with Gasteiger partial charge in [-0.1, -0.05) is 50.1 Å². The minimum Gasteiger partial charge on any atom is -0.494 e. The third kappa shape index (κ3) is 7.87. The van der Waals surface area contributed by atoms with Crippen molar-refractivity contribution < 1.29 is 17.9 Å². The van der Waals surface area contributed by atoms with E-state index in [0.29, 0.717) is 23.6 Å². The Morgan fingerprint density at radius 1 is 0.944 bits per heavy atom. The molecular formula is C27H31N3O4S2. The van der Waals surface area contributed by atoms with Crippen LogP contribution in [0.3, 0.4) is 0 Å². The Balaban J connectivity index is 1.52. The smallest absolute Gasteiger partial charge is 0.257 e. The van der Waals surface area contributed by atoms with Crippen molar-refractivity contribution in [2.75, 3.05) is 19.0 Å². The molecular weight excluding hydrogens is 494 g/mol. The third-order valence-electron chi connectivity index (χ3n) is 5.43. The van der Waals surface area contributed by atoms with Gasteiger partial charge in [0.25, 0.3) is 5.91 Å². The van der Waals surface area contributed by atoms with E-state index >= 15 is 0 Å². The normalized spacial score (nSPS) is 11.2. The number of carbonyl (C=O) groups excluding carboxylic acids is 1. The number of amides is 1. The van der Waals surface area contributed by atoms with Crippen LogP contribution in [0.5, 0.6) is 5.75 Å². The number of benzene rings is 3. The SMILES string of the molecule is CCCCCOc1ccc(C(=O)NC(=S)Nc2ccc(S(=O)(=O)N(C)Cc3ccccc3)cc2)cc1. The number of thiocarbonyl (C=S) groups is 1. The van der Waals surface area contributed by atoms with Crippen molar-refractivity contribution in [3.8, 4) is 5.75 Å². The highest BCUT2D eigenvalue weighted by atomic mass is 32.2. The summed E-state index contributed by atoms with van der Waals surface area (Å²) in [4.78, 5) is 12.7. The number of nitrogens with one attached hydrogen (secondary N) is 2. The number of anilines is 1. The predicted molar refractivity (Wildman–Crippen MR) is 147 cm³/mol. The van der Waals surface area contributed by atoms with E-state index in [2.05, 4.69) is 17.6 Å². The van der Waals surface area contributed by atoms with Gasteiger partial charge in [0.15, 0.2) is 5.11 Å². The quantitative estimate of drug-likeness (QED) is 0.264. The van der Waals surface area contributed by atoms with E-state index in [1.165, 1.54) is 16.4 Å². The van der Waals surface area contributed by atoms with Gasteiger partial charge < -0.3 is 10.1 Å². The molecule has 0 saturated heterocycles. The van der Waals surface area contributed by atoms with Crippen LogP contribution in [-0.2, 0) is 16.6 Å². The first-order valence-corrected chi connectivity index (χ1v) is 13.6. The van der Waals surface area contributed by atoms with Gasteiger partial charge in [-0.15, -0.1) is 0 Å². The number of hydrogen-bond donors (Lipinski definition) is 2. The average molecular weight is 526 g/mol. The van der Waals surface area contributed by atoms with E-state index in [-0.39, 0.29) is 22.5 Å². The molecule has 0 aliphatic carbocycles. The maximum atomic E-state index is 12.9. The number of nitrogens with zero attached hydrogens (tertiary/aromatic N) is 1. The van der Waals surface area contributed by atoms with E-state index < -0.39 is 10.0 Å². The summed E-state index contributed by atoms with van der Waals surface area (Å²) >= 11 is 5.25. The molecule has 3 aromatic carbocycles. The zero-order valence-electron chi connectivity index (χ0n) is 20.4. The van der Waals surface area contributed by atoms with E-state index in [0.717, 1.165) is 24.8 Å². The van der Waals surface area contributed by atoms with E-state index in [4.69, 9.17) is 17.0 Å². The first-order chi connectivity index (χ1) is 17.3. The summed E-state index contributed by atoms with van der Waals surface area (Å²) in [5.41, 5.74) is 1.90. The fourth-order valence-corrected chi connectivity index (χ4v) is 4.77. The lowest BCUT2D eigenvalue weighted by molar-refractivity contribution is 0.0977. The Morgan fingerprint density at radius 3 is 2.25 bits per heavy atom. The molecule has 3 rings (SSSR count). The van der Waals surface area contributed by atoms with Crippen molar-refractivity contribution in [3.63, 3.8) is 0 Å². The van der Waals surface area contributed by atoms with E-state index in [1.807, 2.05) is 30.3 Å². The minimum atomic E-state index is -3.66.